The maximum absolute atomic E-state index is 13.2. The fourth-order valence-corrected chi connectivity index (χ4v) is 3.35. The molecule has 0 spiro atoms. The second-order valence-corrected chi connectivity index (χ2v) is 7.67. The largest absolute Gasteiger partial charge is 0.436 e. The minimum Gasteiger partial charge on any atom is -0.436 e. The van der Waals surface area contributed by atoms with Crippen LogP contribution in [0.2, 0.25) is 5.02 Å². The molecule has 3 aromatic rings. The summed E-state index contributed by atoms with van der Waals surface area (Å²) < 4.78 is 10.3. The van der Waals surface area contributed by atoms with Gasteiger partial charge in [0, 0.05) is 16.8 Å². The van der Waals surface area contributed by atoms with Gasteiger partial charge >= 0.3 is 0 Å². The smallest absolute Gasteiger partial charge is 0.259 e. The molecule has 4 rings (SSSR count). The molecule has 10 nitrogen and oxygen atoms in total. The predicted octanol–water partition coefficient (Wildman–Crippen LogP) is 3.19. The van der Waals surface area contributed by atoms with E-state index in [-0.39, 0.29) is 19.6 Å². The second-order valence-electron chi connectivity index (χ2n) is 7.23. The third-order valence-electron chi connectivity index (χ3n) is 4.90. The lowest BCUT2D eigenvalue weighted by atomic mass is 10.0. The summed E-state index contributed by atoms with van der Waals surface area (Å²) in [6, 6.07) is 17.4. The fourth-order valence-electron chi connectivity index (χ4n) is 3.22. The van der Waals surface area contributed by atoms with Gasteiger partial charge in [-0.2, -0.15) is 5.26 Å². The Morgan fingerprint density at radius 2 is 1.97 bits per heavy atom. The molecule has 1 aromatic heterocycles. The molecule has 1 atom stereocenters. The number of guanidine groups is 1. The lowest BCUT2D eigenvalue weighted by molar-refractivity contribution is -0.139. The number of hydrogen-bond acceptors (Lipinski definition) is 8. The van der Waals surface area contributed by atoms with E-state index in [1.807, 2.05) is 6.07 Å². The lowest BCUT2D eigenvalue weighted by Gasteiger charge is -2.31. The Kier molecular flexibility index (Phi) is 7.05. The molecule has 0 radical (unpaired) electrons. The summed E-state index contributed by atoms with van der Waals surface area (Å²) in [4.78, 5) is 31.5. The van der Waals surface area contributed by atoms with Crippen LogP contribution < -0.4 is 15.4 Å². The number of aliphatic imine (C=N–C) groups is 1. The van der Waals surface area contributed by atoms with E-state index in [0.717, 1.165) is 5.56 Å². The van der Waals surface area contributed by atoms with Crippen LogP contribution in [0.15, 0.2) is 70.4 Å². The molecule has 172 valence electrons. The lowest BCUT2D eigenvalue weighted by Crippen LogP contribution is -2.52. The van der Waals surface area contributed by atoms with Gasteiger partial charge in [-0.05, 0) is 47.1 Å². The van der Waals surface area contributed by atoms with Crippen molar-refractivity contribution in [3.8, 4) is 17.7 Å². The average Bonchev–Trinajstić information content (AvgIpc) is 3.35. The second kappa shape index (κ2) is 10.5. The number of benzene rings is 2. The van der Waals surface area contributed by atoms with Crippen molar-refractivity contribution in [2.75, 3.05) is 18.4 Å². The zero-order valence-electron chi connectivity index (χ0n) is 17.8. The van der Waals surface area contributed by atoms with E-state index in [1.54, 1.807) is 54.6 Å². The van der Waals surface area contributed by atoms with Gasteiger partial charge in [0.25, 0.3) is 5.88 Å². The van der Waals surface area contributed by atoms with Gasteiger partial charge < -0.3 is 19.9 Å². The molecule has 2 N–H and O–H groups in total. The number of amides is 2. The van der Waals surface area contributed by atoms with Crippen molar-refractivity contribution in [1.29, 1.82) is 5.26 Å². The molecule has 2 heterocycles. The van der Waals surface area contributed by atoms with E-state index < -0.39 is 17.7 Å². The number of nitriles is 1. The SMILES string of the molecule is N#CCNC(=O)C1CN=C(Nc2ccc(Oc3ccon3)cc2)N(Cc2ccc(Cl)cc2)C1=O. The van der Waals surface area contributed by atoms with E-state index in [4.69, 9.17) is 26.1 Å². The summed E-state index contributed by atoms with van der Waals surface area (Å²) in [6.07, 6.45) is 1.41. The predicted molar refractivity (Wildman–Crippen MR) is 123 cm³/mol. The summed E-state index contributed by atoms with van der Waals surface area (Å²) in [6.45, 7) is -0.0441. The van der Waals surface area contributed by atoms with Crippen molar-refractivity contribution in [2.24, 2.45) is 10.9 Å². The van der Waals surface area contributed by atoms with Crippen molar-refractivity contribution < 1.29 is 18.8 Å². The highest BCUT2D eigenvalue weighted by Gasteiger charge is 2.36. The fraction of sp³-hybridized carbons (Fsp3) is 0.174. The number of hydrogen-bond donors (Lipinski definition) is 2. The number of carbonyl (C=O) groups is 2. The number of nitrogens with zero attached hydrogens (tertiary/aromatic N) is 4. The third-order valence-corrected chi connectivity index (χ3v) is 5.15. The van der Waals surface area contributed by atoms with Gasteiger partial charge in [-0.25, -0.2) is 0 Å². The molecule has 1 aliphatic heterocycles. The molecule has 2 aromatic carbocycles. The van der Waals surface area contributed by atoms with Gasteiger partial charge in [0.2, 0.25) is 17.8 Å². The highest BCUT2D eigenvalue weighted by Crippen LogP contribution is 2.23. The Morgan fingerprint density at radius 1 is 1.21 bits per heavy atom. The van der Waals surface area contributed by atoms with Crippen LogP contribution in [0.25, 0.3) is 0 Å². The Morgan fingerprint density at radius 3 is 2.65 bits per heavy atom. The molecular formula is C23H19ClN6O4. The first-order chi connectivity index (χ1) is 16.5. The van der Waals surface area contributed by atoms with Gasteiger partial charge in [0.05, 0.1) is 19.2 Å². The topological polar surface area (TPSA) is 133 Å². The standard InChI is InChI=1S/C23H19ClN6O4/c24-16-3-1-15(2-4-16)14-30-22(32)19(21(31)26-11-10-25)13-27-23(30)28-17-5-7-18(8-6-17)34-20-9-12-33-29-20/h1-9,12,19H,11,13-14H2,(H,26,31)(H,27,28). The third kappa shape index (κ3) is 5.51. The first-order valence-corrected chi connectivity index (χ1v) is 10.6. The molecule has 0 fully saturated rings. The van der Waals surface area contributed by atoms with E-state index in [0.29, 0.717) is 28.3 Å². The summed E-state index contributed by atoms with van der Waals surface area (Å²) in [5.41, 5.74) is 1.47. The number of carbonyl (C=O) groups excluding carboxylic acids is 2. The van der Waals surface area contributed by atoms with Crippen molar-refractivity contribution in [3.05, 3.63) is 71.4 Å². The van der Waals surface area contributed by atoms with Crippen LogP contribution >= 0.6 is 11.6 Å². The molecule has 1 aliphatic rings. The Labute approximate surface area is 199 Å². The maximum Gasteiger partial charge on any atom is 0.259 e. The number of anilines is 1. The summed E-state index contributed by atoms with van der Waals surface area (Å²) in [5, 5.41) is 18.6. The first kappa shape index (κ1) is 22.8. The van der Waals surface area contributed by atoms with Crippen LogP contribution in [0.5, 0.6) is 11.6 Å². The minimum absolute atomic E-state index is 0.0388. The Bertz CT molecular complexity index is 1220. The summed E-state index contributed by atoms with van der Waals surface area (Å²) in [7, 11) is 0. The van der Waals surface area contributed by atoms with E-state index in [2.05, 4.69) is 20.8 Å². The molecular weight excluding hydrogens is 460 g/mol. The zero-order valence-corrected chi connectivity index (χ0v) is 18.5. The first-order valence-electron chi connectivity index (χ1n) is 10.2. The van der Waals surface area contributed by atoms with Gasteiger partial charge in [-0.3, -0.25) is 19.5 Å². The molecule has 1 unspecified atom stereocenters. The van der Waals surface area contributed by atoms with Crippen molar-refractivity contribution in [3.63, 3.8) is 0 Å². The van der Waals surface area contributed by atoms with Crippen LogP contribution in [0.1, 0.15) is 5.56 Å². The van der Waals surface area contributed by atoms with Crippen LogP contribution in [0.3, 0.4) is 0 Å². The van der Waals surface area contributed by atoms with Gasteiger partial charge in [0.15, 0.2) is 0 Å². The van der Waals surface area contributed by atoms with Crippen molar-refractivity contribution in [1.82, 2.24) is 15.4 Å². The monoisotopic (exact) mass is 478 g/mol. The van der Waals surface area contributed by atoms with Crippen LogP contribution in [0, 0.1) is 17.2 Å². The molecule has 0 aliphatic carbocycles. The van der Waals surface area contributed by atoms with Gasteiger partial charge in [0.1, 0.15) is 24.5 Å². The average molecular weight is 479 g/mol. The molecule has 34 heavy (non-hydrogen) atoms. The van der Waals surface area contributed by atoms with Crippen molar-refractivity contribution in [2.45, 2.75) is 6.54 Å². The van der Waals surface area contributed by atoms with Crippen LogP contribution in [-0.2, 0) is 16.1 Å². The maximum atomic E-state index is 13.2. The van der Waals surface area contributed by atoms with Crippen LogP contribution in [0.4, 0.5) is 5.69 Å². The van der Waals surface area contributed by atoms with E-state index in [9.17, 15) is 9.59 Å². The highest BCUT2D eigenvalue weighted by atomic mass is 35.5. The number of halogens is 1. The molecule has 2 amide bonds. The van der Waals surface area contributed by atoms with Gasteiger partial charge in [-0.15, -0.1) is 0 Å². The molecule has 0 saturated heterocycles. The summed E-state index contributed by atoms with van der Waals surface area (Å²) >= 11 is 5.97. The summed E-state index contributed by atoms with van der Waals surface area (Å²) in [5.74, 6) is -0.802. The highest BCUT2D eigenvalue weighted by molar-refractivity contribution is 6.30. The zero-order chi connectivity index (χ0) is 23.9. The molecule has 0 bridgehead atoms. The number of aromatic nitrogens is 1. The number of nitrogens with one attached hydrogen (secondary N) is 2. The van der Waals surface area contributed by atoms with E-state index >= 15 is 0 Å². The number of rotatable bonds is 7. The normalized spacial score (nSPS) is 15.3. The Hall–Kier alpha value is -4.36. The van der Waals surface area contributed by atoms with Crippen molar-refractivity contribution >= 4 is 35.1 Å². The minimum atomic E-state index is -1.02. The molecule has 11 heteroatoms. The number of ether oxygens (including phenoxy) is 1. The van der Waals surface area contributed by atoms with E-state index in [1.165, 1.54) is 11.2 Å². The molecule has 0 saturated carbocycles. The quantitative estimate of drug-likeness (QED) is 0.393. The Balaban J connectivity index is 1.53. The van der Waals surface area contributed by atoms with Crippen LogP contribution in [-0.4, -0.2) is 40.9 Å². The van der Waals surface area contributed by atoms with Gasteiger partial charge in [-0.1, -0.05) is 23.7 Å².